The van der Waals surface area contributed by atoms with Gasteiger partial charge in [-0.3, -0.25) is 9.78 Å². The molecule has 0 aliphatic carbocycles. The van der Waals surface area contributed by atoms with E-state index in [-0.39, 0.29) is 0 Å². The van der Waals surface area contributed by atoms with Crippen LogP contribution in [0.1, 0.15) is 39.3 Å². The highest BCUT2D eigenvalue weighted by Crippen LogP contribution is 2.36. The van der Waals surface area contributed by atoms with Gasteiger partial charge in [-0.25, -0.2) is 4.79 Å². The van der Waals surface area contributed by atoms with Crippen molar-refractivity contribution >= 4 is 12.1 Å². The van der Waals surface area contributed by atoms with Crippen LogP contribution in [0, 0.1) is 5.41 Å². The number of aromatic nitrogens is 1. The predicted molar refractivity (Wildman–Crippen MR) is 91.6 cm³/mol. The van der Waals surface area contributed by atoms with E-state index in [9.17, 15) is 14.7 Å². The topological polar surface area (TPSA) is 89.0 Å². The second-order valence-corrected chi connectivity index (χ2v) is 7.42. The summed E-state index contributed by atoms with van der Waals surface area (Å²) in [4.78, 5) is 29.9. The van der Waals surface area contributed by atoms with Crippen molar-refractivity contribution in [3.63, 3.8) is 0 Å². The molecule has 138 valence electrons. The second-order valence-electron chi connectivity index (χ2n) is 7.42. The highest BCUT2D eigenvalue weighted by Gasteiger charge is 2.43. The van der Waals surface area contributed by atoms with Gasteiger partial charge in [0, 0.05) is 25.2 Å². The van der Waals surface area contributed by atoms with Gasteiger partial charge in [0.15, 0.2) is 0 Å². The molecule has 0 radical (unpaired) electrons. The first kappa shape index (κ1) is 19.0. The molecule has 7 heteroatoms. The van der Waals surface area contributed by atoms with E-state index in [0.29, 0.717) is 43.8 Å². The number of carboxylic acid groups (broad SMARTS) is 1. The lowest BCUT2D eigenvalue weighted by Crippen LogP contribution is -2.48. The lowest BCUT2D eigenvalue weighted by atomic mass is 9.75. The average Bonchev–Trinajstić information content (AvgIpc) is 2.54. The molecule has 1 N–H and O–H groups in total. The first-order valence-electron chi connectivity index (χ1n) is 8.35. The summed E-state index contributed by atoms with van der Waals surface area (Å²) in [6, 6.07) is 3.55. The smallest absolute Gasteiger partial charge is 0.410 e. The standard InChI is InChI=1S/C18H26N2O5/c1-17(2,3)25-16(23)20-9-7-18(8-10-20,15(21)22)11-13-5-6-14(24-4)12-19-13/h5-6,12H,7-11H2,1-4H3,(H,21,22). The Bertz CT molecular complexity index is 613. The van der Waals surface area contributed by atoms with Crippen LogP contribution >= 0.6 is 0 Å². The van der Waals surface area contributed by atoms with Crippen molar-refractivity contribution in [3.8, 4) is 5.75 Å². The number of carboxylic acids is 1. The Morgan fingerprint density at radius 3 is 2.36 bits per heavy atom. The molecule has 7 nitrogen and oxygen atoms in total. The molecule has 1 amide bonds. The van der Waals surface area contributed by atoms with E-state index in [0.717, 1.165) is 0 Å². The van der Waals surface area contributed by atoms with Crippen LogP contribution < -0.4 is 4.74 Å². The molecule has 0 spiro atoms. The van der Waals surface area contributed by atoms with Crippen molar-refractivity contribution in [2.75, 3.05) is 20.2 Å². The Balaban J connectivity index is 2.05. The van der Waals surface area contributed by atoms with Gasteiger partial charge < -0.3 is 19.5 Å². The molecular weight excluding hydrogens is 324 g/mol. The minimum Gasteiger partial charge on any atom is -0.495 e. The zero-order chi connectivity index (χ0) is 18.7. The van der Waals surface area contributed by atoms with Crippen LogP contribution in [0.25, 0.3) is 0 Å². The van der Waals surface area contributed by atoms with Gasteiger partial charge in [0.25, 0.3) is 0 Å². The molecule has 1 aromatic rings. The number of rotatable bonds is 4. The summed E-state index contributed by atoms with van der Waals surface area (Å²) in [5, 5.41) is 9.77. The van der Waals surface area contributed by atoms with Crippen LogP contribution in [0.5, 0.6) is 5.75 Å². The molecular formula is C18H26N2O5. The zero-order valence-corrected chi connectivity index (χ0v) is 15.2. The van der Waals surface area contributed by atoms with Gasteiger partial charge >= 0.3 is 12.1 Å². The van der Waals surface area contributed by atoms with Crippen molar-refractivity contribution in [1.82, 2.24) is 9.88 Å². The fourth-order valence-corrected chi connectivity index (χ4v) is 2.89. The fourth-order valence-electron chi connectivity index (χ4n) is 2.89. The van der Waals surface area contributed by atoms with Crippen LogP contribution in [0.4, 0.5) is 4.79 Å². The Labute approximate surface area is 147 Å². The Kier molecular flexibility index (Phi) is 5.55. The molecule has 1 aliphatic rings. The molecule has 1 saturated heterocycles. The fraction of sp³-hybridized carbons (Fsp3) is 0.611. The van der Waals surface area contributed by atoms with Crippen molar-refractivity contribution < 1.29 is 24.2 Å². The number of carbonyl (C=O) groups excluding carboxylic acids is 1. The highest BCUT2D eigenvalue weighted by molar-refractivity contribution is 5.76. The average molecular weight is 350 g/mol. The maximum atomic E-state index is 12.2. The van der Waals surface area contributed by atoms with E-state index >= 15 is 0 Å². The van der Waals surface area contributed by atoms with Gasteiger partial charge in [-0.2, -0.15) is 0 Å². The maximum absolute atomic E-state index is 12.2. The van der Waals surface area contributed by atoms with Gasteiger partial charge in [0.05, 0.1) is 18.7 Å². The summed E-state index contributed by atoms with van der Waals surface area (Å²) in [6.45, 7) is 6.15. The molecule has 1 aromatic heterocycles. The molecule has 1 aliphatic heterocycles. The van der Waals surface area contributed by atoms with E-state index in [1.165, 1.54) is 0 Å². The molecule has 2 rings (SSSR count). The Morgan fingerprint density at radius 1 is 1.28 bits per heavy atom. The number of amides is 1. The van der Waals surface area contributed by atoms with E-state index in [4.69, 9.17) is 9.47 Å². The van der Waals surface area contributed by atoms with Gasteiger partial charge in [-0.1, -0.05) is 0 Å². The minimum atomic E-state index is -0.917. The van der Waals surface area contributed by atoms with Crippen molar-refractivity contribution in [2.45, 2.75) is 45.6 Å². The molecule has 2 heterocycles. The van der Waals surface area contributed by atoms with Crippen LogP contribution in [-0.2, 0) is 16.0 Å². The van der Waals surface area contributed by atoms with E-state index in [1.54, 1.807) is 30.3 Å². The highest BCUT2D eigenvalue weighted by atomic mass is 16.6. The Morgan fingerprint density at radius 2 is 1.92 bits per heavy atom. The molecule has 0 unspecified atom stereocenters. The summed E-state index contributed by atoms with van der Waals surface area (Å²) < 4.78 is 10.4. The number of aliphatic carboxylic acids is 1. The number of hydrogen-bond donors (Lipinski definition) is 1. The first-order chi connectivity index (χ1) is 11.6. The third-order valence-corrected chi connectivity index (χ3v) is 4.38. The summed E-state index contributed by atoms with van der Waals surface area (Å²) in [5.41, 5.74) is -0.778. The number of piperidine rings is 1. The third-order valence-electron chi connectivity index (χ3n) is 4.38. The normalized spacial score (nSPS) is 17.0. The third kappa shape index (κ3) is 4.84. The summed E-state index contributed by atoms with van der Waals surface area (Å²) >= 11 is 0. The summed E-state index contributed by atoms with van der Waals surface area (Å²) in [6.07, 6.45) is 2.26. The van der Waals surface area contributed by atoms with Gasteiger partial charge in [-0.05, 0) is 45.7 Å². The van der Waals surface area contributed by atoms with E-state index in [1.807, 2.05) is 20.8 Å². The minimum absolute atomic E-state index is 0.328. The molecule has 0 bridgehead atoms. The van der Waals surface area contributed by atoms with E-state index in [2.05, 4.69) is 4.98 Å². The van der Waals surface area contributed by atoms with Crippen molar-refractivity contribution in [1.29, 1.82) is 0 Å². The molecule has 0 aromatic carbocycles. The predicted octanol–water partition coefficient (Wildman–Crippen LogP) is 2.73. The number of nitrogens with zero attached hydrogens (tertiary/aromatic N) is 2. The van der Waals surface area contributed by atoms with Crippen molar-refractivity contribution in [3.05, 3.63) is 24.0 Å². The van der Waals surface area contributed by atoms with Crippen LogP contribution in [0.15, 0.2) is 18.3 Å². The number of pyridine rings is 1. The molecule has 0 atom stereocenters. The quantitative estimate of drug-likeness (QED) is 0.898. The zero-order valence-electron chi connectivity index (χ0n) is 15.2. The number of likely N-dealkylation sites (tertiary alicyclic amines) is 1. The maximum Gasteiger partial charge on any atom is 0.410 e. The number of hydrogen-bond acceptors (Lipinski definition) is 5. The number of methoxy groups -OCH3 is 1. The monoisotopic (exact) mass is 350 g/mol. The molecule has 1 fully saturated rings. The first-order valence-corrected chi connectivity index (χ1v) is 8.35. The van der Waals surface area contributed by atoms with Crippen molar-refractivity contribution in [2.24, 2.45) is 5.41 Å². The van der Waals surface area contributed by atoms with Crippen LogP contribution in [-0.4, -0.2) is 52.9 Å². The largest absolute Gasteiger partial charge is 0.495 e. The van der Waals surface area contributed by atoms with Crippen LogP contribution in [0.3, 0.4) is 0 Å². The SMILES string of the molecule is COc1ccc(CC2(C(=O)O)CCN(C(=O)OC(C)(C)C)CC2)nc1. The molecule has 25 heavy (non-hydrogen) atoms. The summed E-state index contributed by atoms with van der Waals surface area (Å²) in [5.74, 6) is -0.221. The lowest BCUT2D eigenvalue weighted by Gasteiger charge is -2.39. The lowest BCUT2D eigenvalue weighted by molar-refractivity contribution is -0.152. The summed E-state index contributed by atoms with van der Waals surface area (Å²) in [7, 11) is 1.56. The van der Waals surface area contributed by atoms with Gasteiger partial charge in [0.2, 0.25) is 0 Å². The van der Waals surface area contributed by atoms with Gasteiger partial charge in [0.1, 0.15) is 11.4 Å². The Hall–Kier alpha value is -2.31. The van der Waals surface area contributed by atoms with Crippen LogP contribution in [0.2, 0.25) is 0 Å². The number of carbonyl (C=O) groups is 2. The van der Waals surface area contributed by atoms with E-state index < -0.39 is 23.1 Å². The second kappa shape index (κ2) is 7.29. The van der Waals surface area contributed by atoms with Gasteiger partial charge in [-0.15, -0.1) is 0 Å². The number of ether oxygens (including phenoxy) is 2. The molecule has 0 saturated carbocycles.